The highest BCUT2D eigenvalue weighted by molar-refractivity contribution is 5.76. The number of hydrogen-bond acceptors (Lipinski definition) is 1. The zero-order valence-corrected chi connectivity index (χ0v) is 16.5. The second-order valence-electron chi connectivity index (χ2n) is 7.71. The maximum Gasteiger partial charge on any atom is 0.130 e. The summed E-state index contributed by atoms with van der Waals surface area (Å²) in [5, 5.41) is 0. The van der Waals surface area contributed by atoms with E-state index in [2.05, 4.69) is 58.7 Å². The lowest BCUT2D eigenvalue weighted by Gasteiger charge is -2.38. The fourth-order valence-electron chi connectivity index (χ4n) is 4.23. The average molecular weight is 337 g/mol. The van der Waals surface area contributed by atoms with Gasteiger partial charge in [0.1, 0.15) is 5.78 Å². The van der Waals surface area contributed by atoms with Gasteiger partial charge in [0.05, 0.1) is 0 Å². The Labute approximate surface area is 153 Å². The third-order valence-electron chi connectivity index (χ3n) is 4.76. The zero-order valence-electron chi connectivity index (χ0n) is 16.5. The van der Waals surface area contributed by atoms with Gasteiger partial charge in [0.2, 0.25) is 0 Å². The molecule has 1 rings (SSSR count). The van der Waals surface area contributed by atoms with Crippen LogP contribution in [0.2, 0.25) is 0 Å². The molecular formula is C24H32O. The molecule has 0 aromatic rings. The Morgan fingerprint density at radius 2 is 1.60 bits per heavy atom. The van der Waals surface area contributed by atoms with E-state index in [1.54, 1.807) is 13.0 Å². The first-order chi connectivity index (χ1) is 11.7. The van der Waals surface area contributed by atoms with Crippen LogP contribution >= 0.6 is 0 Å². The van der Waals surface area contributed by atoms with Crippen LogP contribution in [0.25, 0.3) is 0 Å². The Kier molecular flexibility index (Phi) is 6.93. The van der Waals surface area contributed by atoms with Crippen molar-refractivity contribution in [2.75, 3.05) is 0 Å². The highest BCUT2D eigenvalue weighted by atomic mass is 16.1. The molecule has 0 spiro atoms. The molecule has 0 saturated carbocycles. The average Bonchev–Trinajstić information content (AvgIpc) is 2.71. The van der Waals surface area contributed by atoms with Gasteiger partial charge in [-0.1, -0.05) is 83.0 Å². The van der Waals surface area contributed by atoms with Gasteiger partial charge in [-0.05, 0) is 48.0 Å². The van der Waals surface area contributed by atoms with Crippen LogP contribution < -0.4 is 0 Å². The van der Waals surface area contributed by atoms with Gasteiger partial charge in [-0.25, -0.2) is 0 Å². The maximum absolute atomic E-state index is 11.7. The van der Waals surface area contributed by atoms with Crippen molar-refractivity contribution in [3.05, 3.63) is 84.6 Å². The van der Waals surface area contributed by atoms with Gasteiger partial charge in [-0.3, -0.25) is 0 Å². The first kappa shape index (κ1) is 20.9. The molecule has 25 heavy (non-hydrogen) atoms. The Hall–Kier alpha value is -2.15. The topological polar surface area (TPSA) is 17.1 Å². The van der Waals surface area contributed by atoms with Gasteiger partial charge in [0, 0.05) is 11.8 Å². The SMILES string of the molecule is C=C/C=C\C1=C(C=C)C(C=C)=C(/C=C\C)C1(C)CC(C)(C)CC(C)=O. The molecule has 0 radical (unpaired) electrons. The van der Waals surface area contributed by atoms with Crippen molar-refractivity contribution < 1.29 is 4.79 Å². The fraction of sp³-hybridized carbons (Fsp3) is 0.375. The van der Waals surface area contributed by atoms with Crippen LogP contribution in [0.4, 0.5) is 0 Å². The molecule has 0 heterocycles. The second kappa shape index (κ2) is 8.29. The molecule has 0 aliphatic heterocycles. The lowest BCUT2D eigenvalue weighted by molar-refractivity contribution is -0.119. The molecule has 0 aromatic heterocycles. The largest absolute Gasteiger partial charge is 0.300 e. The molecule has 1 unspecified atom stereocenters. The summed E-state index contributed by atoms with van der Waals surface area (Å²) in [6.07, 6.45) is 15.4. The van der Waals surface area contributed by atoms with Gasteiger partial charge in [-0.2, -0.15) is 0 Å². The molecule has 0 fully saturated rings. The van der Waals surface area contributed by atoms with Gasteiger partial charge >= 0.3 is 0 Å². The summed E-state index contributed by atoms with van der Waals surface area (Å²) >= 11 is 0. The van der Waals surface area contributed by atoms with Crippen LogP contribution in [0.3, 0.4) is 0 Å². The smallest absolute Gasteiger partial charge is 0.130 e. The van der Waals surface area contributed by atoms with Crippen LogP contribution in [0.1, 0.15) is 47.5 Å². The van der Waals surface area contributed by atoms with Crippen molar-refractivity contribution in [3.8, 4) is 0 Å². The molecule has 0 saturated heterocycles. The number of carbonyl (C=O) groups excluding carboxylic acids is 1. The van der Waals surface area contributed by atoms with E-state index in [9.17, 15) is 4.79 Å². The maximum atomic E-state index is 11.7. The van der Waals surface area contributed by atoms with Crippen molar-refractivity contribution in [1.82, 2.24) is 0 Å². The summed E-state index contributed by atoms with van der Waals surface area (Å²) in [6, 6.07) is 0. The zero-order chi connectivity index (χ0) is 19.3. The summed E-state index contributed by atoms with van der Waals surface area (Å²) in [7, 11) is 0. The predicted octanol–water partition coefficient (Wildman–Crippen LogP) is 6.69. The summed E-state index contributed by atoms with van der Waals surface area (Å²) in [5.41, 5.74) is 4.37. The number of ketones is 1. The van der Waals surface area contributed by atoms with Crippen LogP contribution in [-0.4, -0.2) is 5.78 Å². The monoisotopic (exact) mass is 336 g/mol. The Bertz CT molecular complexity index is 692. The number of hydrogen-bond donors (Lipinski definition) is 0. The minimum absolute atomic E-state index is 0.108. The van der Waals surface area contributed by atoms with Crippen molar-refractivity contribution in [2.24, 2.45) is 10.8 Å². The summed E-state index contributed by atoms with van der Waals surface area (Å²) < 4.78 is 0. The predicted molar refractivity (Wildman–Crippen MR) is 110 cm³/mol. The number of carbonyl (C=O) groups is 1. The standard InChI is InChI=1S/C24H32O/c1-9-13-15-22-20(12-4)19(11-3)21(14-10-2)24(22,8)17-23(6,7)16-18(5)25/h9-15H,1,3-4,16-17H2,2,5-8H3/b14-10-,15-13-. The van der Waals surface area contributed by atoms with Crippen molar-refractivity contribution in [3.63, 3.8) is 0 Å². The highest BCUT2D eigenvalue weighted by Gasteiger charge is 2.43. The molecule has 1 nitrogen and oxygen atoms in total. The van der Waals surface area contributed by atoms with Crippen LogP contribution in [0, 0.1) is 10.8 Å². The molecule has 1 heteroatoms. The third kappa shape index (κ3) is 4.48. The van der Waals surface area contributed by atoms with Crippen molar-refractivity contribution in [1.29, 1.82) is 0 Å². The Morgan fingerprint density at radius 3 is 2.00 bits per heavy atom. The first-order valence-electron chi connectivity index (χ1n) is 8.83. The third-order valence-corrected chi connectivity index (χ3v) is 4.76. The van der Waals surface area contributed by atoms with E-state index in [-0.39, 0.29) is 16.6 Å². The molecule has 0 N–H and O–H groups in total. The lowest BCUT2D eigenvalue weighted by atomic mass is 9.66. The normalized spacial score (nSPS) is 21.5. The molecule has 0 aromatic carbocycles. The van der Waals surface area contributed by atoms with Gasteiger partial charge in [0.25, 0.3) is 0 Å². The molecule has 0 bridgehead atoms. The second-order valence-corrected chi connectivity index (χ2v) is 7.71. The Balaban J connectivity index is 3.64. The van der Waals surface area contributed by atoms with Gasteiger partial charge < -0.3 is 4.79 Å². The quantitative estimate of drug-likeness (QED) is 0.429. The molecule has 1 atom stereocenters. The van der Waals surface area contributed by atoms with Crippen molar-refractivity contribution in [2.45, 2.75) is 47.5 Å². The minimum atomic E-state index is -0.210. The van der Waals surface area contributed by atoms with E-state index in [1.807, 2.05) is 25.2 Å². The van der Waals surface area contributed by atoms with E-state index < -0.39 is 0 Å². The number of Topliss-reactive ketones (excluding diaryl/α,β-unsaturated/α-hetero) is 1. The van der Waals surface area contributed by atoms with Gasteiger partial charge in [0.15, 0.2) is 0 Å². The summed E-state index contributed by atoms with van der Waals surface area (Å²) in [4.78, 5) is 11.7. The van der Waals surface area contributed by atoms with E-state index >= 15 is 0 Å². The first-order valence-corrected chi connectivity index (χ1v) is 8.83. The molecule has 0 amide bonds. The molecular weight excluding hydrogens is 304 g/mol. The minimum Gasteiger partial charge on any atom is -0.300 e. The number of allylic oxidation sites excluding steroid dienone is 11. The van der Waals surface area contributed by atoms with Crippen LogP contribution in [0.5, 0.6) is 0 Å². The van der Waals surface area contributed by atoms with Crippen LogP contribution in [-0.2, 0) is 4.79 Å². The highest BCUT2D eigenvalue weighted by Crippen LogP contribution is 2.55. The fourth-order valence-corrected chi connectivity index (χ4v) is 4.23. The number of rotatable bonds is 9. The van der Waals surface area contributed by atoms with E-state index in [0.717, 1.165) is 17.6 Å². The van der Waals surface area contributed by atoms with Gasteiger partial charge in [-0.15, -0.1) is 0 Å². The lowest BCUT2D eigenvalue weighted by Crippen LogP contribution is -2.29. The Morgan fingerprint density at radius 1 is 1.08 bits per heavy atom. The van der Waals surface area contributed by atoms with Crippen molar-refractivity contribution >= 4 is 5.78 Å². The molecule has 1 aliphatic carbocycles. The van der Waals surface area contributed by atoms with E-state index in [1.165, 1.54) is 11.1 Å². The summed E-state index contributed by atoms with van der Waals surface area (Å²) in [6.45, 7) is 22.1. The summed E-state index contributed by atoms with van der Waals surface area (Å²) in [5.74, 6) is 0.225. The molecule has 134 valence electrons. The van der Waals surface area contributed by atoms with E-state index in [4.69, 9.17) is 0 Å². The van der Waals surface area contributed by atoms with Crippen LogP contribution in [0.15, 0.2) is 84.6 Å². The van der Waals surface area contributed by atoms with E-state index in [0.29, 0.717) is 6.42 Å². The molecule has 1 aliphatic rings.